The zero-order chi connectivity index (χ0) is 28.6. The fourth-order valence-corrected chi connectivity index (χ4v) is 6.51. The van der Waals surface area contributed by atoms with Gasteiger partial charge in [-0.2, -0.15) is 0 Å². The highest BCUT2D eigenvalue weighted by molar-refractivity contribution is 7.17. The van der Waals surface area contributed by atoms with Gasteiger partial charge in [0.15, 0.2) is 6.73 Å². The number of carbonyl (C=O) groups excluding carboxylic acids is 2. The number of carbonyl (C=O) groups is 2. The molecule has 1 saturated heterocycles. The third kappa shape index (κ3) is 7.57. The second-order valence-electron chi connectivity index (χ2n) is 10.9. The van der Waals surface area contributed by atoms with E-state index in [1.54, 1.807) is 28.4 Å². The zero-order valence-corrected chi connectivity index (χ0v) is 24.7. The molecular formula is C32H40FN3O4S. The predicted octanol–water partition coefficient (Wildman–Crippen LogP) is 6.77. The number of hydrogen-bond donors (Lipinski definition) is 0. The average molecular weight is 582 g/mol. The summed E-state index contributed by atoms with van der Waals surface area (Å²) in [5.74, 6) is -0.229. The fraction of sp³-hybridized carbons (Fsp3) is 0.500. The van der Waals surface area contributed by atoms with Gasteiger partial charge in [-0.05, 0) is 60.0 Å². The second kappa shape index (κ2) is 14.1. The van der Waals surface area contributed by atoms with Crippen LogP contribution in [0.4, 0.5) is 20.6 Å². The molecule has 41 heavy (non-hydrogen) atoms. The maximum atomic E-state index is 14.2. The molecule has 0 radical (unpaired) electrons. The Balaban J connectivity index is 1.11. The van der Waals surface area contributed by atoms with Crippen molar-refractivity contribution in [1.82, 2.24) is 4.90 Å². The molecule has 0 saturated carbocycles. The number of aryl methyl sites for hydroxylation is 1. The van der Waals surface area contributed by atoms with Gasteiger partial charge in [0.25, 0.3) is 0 Å². The van der Waals surface area contributed by atoms with Crippen molar-refractivity contribution in [2.24, 2.45) is 0 Å². The van der Waals surface area contributed by atoms with Crippen molar-refractivity contribution in [2.45, 2.75) is 58.3 Å². The van der Waals surface area contributed by atoms with Crippen LogP contribution in [0.5, 0.6) is 0 Å². The Morgan fingerprint density at radius 1 is 0.951 bits per heavy atom. The summed E-state index contributed by atoms with van der Waals surface area (Å²) >= 11 is 1.57. The number of unbranched alkanes of at least 4 members (excludes halogenated alkanes) is 4. The zero-order valence-electron chi connectivity index (χ0n) is 23.9. The van der Waals surface area contributed by atoms with Crippen molar-refractivity contribution in [3.63, 3.8) is 0 Å². The first kappa shape index (κ1) is 29.3. The number of halogens is 1. The van der Waals surface area contributed by atoms with Gasteiger partial charge in [-0.25, -0.2) is 9.18 Å². The maximum absolute atomic E-state index is 14.2. The first-order valence-corrected chi connectivity index (χ1v) is 15.8. The highest BCUT2D eigenvalue weighted by Gasteiger charge is 2.26. The highest BCUT2D eigenvalue weighted by Crippen LogP contribution is 2.33. The van der Waals surface area contributed by atoms with Crippen LogP contribution in [0.1, 0.15) is 56.6 Å². The molecule has 0 aliphatic carbocycles. The predicted molar refractivity (Wildman–Crippen MR) is 162 cm³/mol. The first-order chi connectivity index (χ1) is 20.0. The van der Waals surface area contributed by atoms with Crippen LogP contribution in [0.15, 0.2) is 41.8 Å². The molecule has 2 aliphatic rings. The van der Waals surface area contributed by atoms with Crippen LogP contribution in [0.3, 0.4) is 0 Å². The molecule has 1 aromatic heterocycles. The van der Waals surface area contributed by atoms with Crippen LogP contribution in [-0.2, 0) is 27.1 Å². The maximum Gasteiger partial charge on any atom is 0.510 e. The van der Waals surface area contributed by atoms with E-state index in [1.807, 2.05) is 5.38 Å². The van der Waals surface area contributed by atoms with Crippen LogP contribution in [-0.4, -0.2) is 63.0 Å². The summed E-state index contributed by atoms with van der Waals surface area (Å²) in [7, 11) is 0. The minimum absolute atomic E-state index is 0.0461. The van der Waals surface area contributed by atoms with Crippen LogP contribution in [0, 0.1) is 5.82 Å². The summed E-state index contributed by atoms with van der Waals surface area (Å²) in [6.07, 6.45) is 6.56. The smallest absolute Gasteiger partial charge is 0.434 e. The molecule has 0 bridgehead atoms. The van der Waals surface area contributed by atoms with E-state index in [2.05, 4.69) is 41.0 Å². The normalized spacial score (nSPS) is 15.8. The van der Waals surface area contributed by atoms with E-state index in [9.17, 15) is 14.0 Å². The van der Waals surface area contributed by atoms with Gasteiger partial charge in [0.05, 0.1) is 12.3 Å². The molecule has 220 valence electrons. The number of thiophene rings is 1. The topological polar surface area (TPSA) is 62.3 Å². The third-order valence-corrected chi connectivity index (χ3v) is 8.94. The van der Waals surface area contributed by atoms with E-state index in [-0.39, 0.29) is 18.5 Å². The third-order valence-electron chi connectivity index (χ3n) is 8.07. The molecule has 3 aromatic rings. The average Bonchev–Trinajstić information content (AvgIpc) is 3.45. The summed E-state index contributed by atoms with van der Waals surface area (Å²) < 4.78 is 25.7. The fourth-order valence-electron chi connectivity index (χ4n) is 5.68. The van der Waals surface area contributed by atoms with Crippen molar-refractivity contribution in [3.05, 3.63) is 58.7 Å². The molecule has 0 N–H and O–H groups in total. The Hall–Kier alpha value is -3.17. The van der Waals surface area contributed by atoms with Gasteiger partial charge < -0.3 is 14.4 Å². The number of ether oxygens (including phenoxy) is 2. The van der Waals surface area contributed by atoms with Gasteiger partial charge in [-0.3, -0.25) is 14.6 Å². The number of nitrogens with zero attached hydrogens (tertiary/aromatic N) is 3. The van der Waals surface area contributed by atoms with Gasteiger partial charge in [-0.1, -0.05) is 44.7 Å². The lowest BCUT2D eigenvalue weighted by molar-refractivity contribution is -0.119. The Bertz CT molecular complexity index is 1340. The minimum atomic E-state index is -0.728. The lowest BCUT2D eigenvalue weighted by Gasteiger charge is -2.36. The number of amides is 1. The van der Waals surface area contributed by atoms with E-state index >= 15 is 0 Å². The summed E-state index contributed by atoms with van der Waals surface area (Å²) in [4.78, 5) is 31.1. The minimum Gasteiger partial charge on any atom is -0.434 e. The van der Waals surface area contributed by atoms with Crippen LogP contribution < -0.4 is 9.80 Å². The van der Waals surface area contributed by atoms with Crippen molar-refractivity contribution in [2.75, 3.05) is 55.9 Å². The molecule has 1 fully saturated rings. The standard InChI is InChI=1S/C32H40FN3O4S/c1-2-3-4-5-6-18-39-32(38)40-23-36-28-20-24(7-8-25(28)9-10-31(36)37)11-13-34-14-16-35(17-15-34)29-21-26(33)22-30-27(29)12-19-41-30/h7-8,12,19-22H,2-6,9-11,13-18,23H2,1H3. The lowest BCUT2D eigenvalue weighted by Crippen LogP contribution is -2.47. The Labute approximate surface area is 245 Å². The Morgan fingerprint density at radius 3 is 2.61 bits per heavy atom. The first-order valence-electron chi connectivity index (χ1n) is 14.9. The summed E-state index contributed by atoms with van der Waals surface area (Å²) in [6.45, 7) is 6.80. The molecule has 3 heterocycles. The molecule has 2 aromatic carbocycles. The van der Waals surface area contributed by atoms with Crippen LogP contribution in [0.2, 0.25) is 0 Å². The molecule has 0 atom stereocenters. The summed E-state index contributed by atoms with van der Waals surface area (Å²) in [6, 6.07) is 11.6. The number of anilines is 2. The highest BCUT2D eigenvalue weighted by atomic mass is 32.1. The number of benzene rings is 2. The molecule has 5 rings (SSSR count). The summed E-state index contributed by atoms with van der Waals surface area (Å²) in [5, 5.41) is 3.14. The van der Waals surface area contributed by atoms with Gasteiger partial charge in [-0.15, -0.1) is 11.3 Å². The van der Waals surface area contributed by atoms with Crippen molar-refractivity contribution in [1.29, 1.82) is 0 Å². The van der Waals surface area contributed by atoms with Gasteiger partial charge in [0.2, 0.25) is 5.91 Å². The molecular weight excluding hydrogens is 541 g/mol. The van der Waals surface area contributed by atoms with Crippen molar-refractivity contribution < 1.29 is 23.5 Å². The summed E-state index contributed by atoms with van der Waals surface area (Å²) in [5.41, 5.74) is 4.04. The van der Waals surface area contributed by atoms with Gasteiger partial charge >= 0.3 is 6.16 Å². The van der Waals surface area contributed by atoms with Gasteiger partial charge in [0.1, 0.15) is 5.82 Å². The quantitative estimate of drug-likeness (QED) is 0.174. The van der Waals surface area contributed by atoms with Crippen molar-refractivity contribution >= 4 is 44.9 Å². The van der Waals surface area contributed by atoms with Crippen molar-refractivity contribution in [3.8, 4) is 0 Å². The second-order valence-corrected chi connectivity index (χ2v) is 11.9. The van der Waals surface area contributed by atoms with E-state index in [0.29, 0.717) is 19.4 Å². The molecule has 2 aliphatic heterocycles. The number of fused-ring (bicyclic) bond motifs is 2. The molecule has 0 spiro atoms. The Kier molecular flexibility index (Phi) is 10.1. The number of hydrogen-bond acceptors (Lipinski definition) is 7. The van der Waals surface area contributed by atoms with Gasteiger partial charge in [0, 0.05) is 54.9 Å². The Morgan fingerprint density at radius 2 is 1.78 bits per heavy atom. The molecule has 9 heteroatoms. The SMILES string of the molecule is CCCCCCCOC(=O)OCN1C(=O)CCc2ccc(CCN3CCN(c4cc(F)cc5sccc45)CC3)cc21. The molecule has 7 nitrogen and oxygen atoms in total. The van der Waals surface area contributed by atoms with E-state index in [1.165, 1.54) is 12.8 Å². The molecule has 0 unspecified atom stereocenters. The molecule has 1 amide bonds. The van der Waals surface area contributed by atoms with E-state index < -0.39 is 6.16 Å². The van der Waals surface area contributed by atoms with Crippen LogP contribution in [0.25, 0.3) is 10.1 Å². The lowest BCUT2D eigenvalue weighted by atomic mass is 9.98. The van der Waals surface area contributed by atoms with Crippen LogP contribution >= 0.6 is 11.3 Å². The monoisotopic (exact) mass is 581 g/mol. The van der Waals surface area contributed by atoms with E-state index in [4.69, 9.17) is 9.47 Å². The van der Waals surface area contributed by atoms with E-state index in [0.717, 1.165) is 91.0 Å². The largest absolute Gasteiger partial charge is 0.510 e. The number of rotatable bonds is 12. The number of piperazine rings is 1.